The van der Waals surface area contributed by atoms with Crippen LogP contribution in [0.3, 0.4) is 0 Å². The molecular weight excluding hydrogens is 374 g/mol. The third-order valence-electron chi connectivity index (χ3n) is 4.68. The predicted molar refractivity (Wildman–Crippen MR) is 102 cm³/mol. The van der Waals surface area contributed by atoms with Gasteiger partial charge in [-0.25, -0.2) is 4.79 Å². The van der Waals surface area contributed by atoms with Gasteiger partial charge in [-0.05, 0) is 17.7 Å². The first-order valence-electron chi connectivity index (χ1n) is 8.70. The number of carbonyl (C=O) groups excluding carboxylic acids is 3. The number of ketones is 2. The highest BCUT2D eigenvalue weighted by atomic mass is 16.6. The van der Waals surface area contributed by atoms with E-state index in [1.165, 1.54) is 18.2 Å². The van der Waals surface area contributed by atoms with E-state index in [-0.39, 0.29) is 34.4 Å². The highest BCUT2D eigenvalue weighted by Gasteiger charge is 2.38. The van der Waals surface area contributed by atoms with E-state index in [1.54, 1.807) is 42.5 Å². The van der Waals surface area contributed by atoms with E-state index in [0.29, 0.717) is 5.56 Å². The maximum Gasteiger partial charge on any atom is 0.345 e. The van der Waals surface area contributed by atoms with Crippen molar-refractivity contribution in [2.45, 2.75) is 6.61 Å². The van der Waals surface area contributed by atoms with Gasteiger partial charge in [0, 0.05) is 16.7 Å². The zero-order valence-corrected chi connectivity index (χ0v) is 15.0. The van der Waals surface area contributed by atoms with Crippen LogP contribution in [0.1, 0.15) is 47.8 Å². The first kappa shape index (κ1) is 18.2. The van der Waals surface area contributed by atoms with Gasteiger partial charge in [-0.3, -0.25) is 19.7 Å². The number of hydrogen-bond acceptors (Lipinski definition) is 6. The minimum atomic E-state index is -0.942. The Labute approximate surface area is 164 Å². The van der Waals surface area contributed by atoms with Gasteiger partial charge in [0.2, 0.25) is 5.78 Å². The number of rotatable bonds is 4. The summed E-state index contributed by atoms with van der Waals surface area (Å²) >= 11 is 0. The van der Waals surface area contributed by atoms with Crippen molar-refractivity contribution in [3.63, 3.8) is 0 Å². The molecule has 142 valence electrons. The van der Waals surface area contributed by atoms with E-state index in [9.17, 15) is 24.5 Å². The maximum atomic E-state index is 12.9. The molecule has 1 aliphatic rings. The van der Waals surface area contributed by atoms with Crippen molar-refractivity contribution in [3.05, 3.63) is 110 Å². The van der Waals surface area contributed by atoms with Crippen LogP contribution in [-0.4, -0.2) is 22.5 Å². The molecule has 0 aromatic heterocycles. The van der Waals surface area contributed by atoms with Crippen LogP contribution in [0.25, 0.3) is 0 Å². The molecule has 0 bridgehead atoms. The first-order valence-corrected chi connectivity index (χ1v) is 8.70. The van der Waals surface area contributed by atoms with Gasteiger partial charge in [0.1, 0.15) is 17.7 Å². The molecule has 0 unspecified atom stereocenters. The van der Waals surface area contributed by atoms with Gasteiger partial charge in [-0.1, -0.05) is 54.6 Å². The van der Waals surface area contributed by atoms with Crippen molar-refractivity contribution in [1.82, 2.24) is 0 Å². The molecule has 4 rings (SSSR count). The van der Waals surface area contributed by atoms with E-state index >= 15 is 0 Å². The lowest BCUT2D eigenvalue weighted by Crippen LogP contribution is -2.23. The Morgan fingerprint density at radius 3 is 2.10 bits per heavy atom. The van der Waals surface area contributed by atoms with Crippen molar-refractivity contribution < 1.29 is 24.0 Å². The molecule has 0 radical (unpaired) electrons. The third kappa shape index (κ3) is 3.08. The number of fused-ring (bicyclic) bond motifs is 2. The van der Waals surface area contributed by atoms with Gasteiger partial charge in [0.25, 0.3) is 5.69 Å². The Hall–Kier alpha value is -4.13. The molecule has 29 heavy (non-hydrogen) atoms. The van der Waals surface area contributed by atoms with E-state index < -0.39 is 28.1 Å². The zero-order valence-electron chi connectivity index (χ0n) is 15.0. The molecule has 0 N–H and O–H groups in total. The predicted octanol–water partition coefficient (Wildman–Crippen LogP) is 3.73. The summed E-state index contributed by atoms with van der Waals surface area (Å²) in [5.74, 6) is -2.11. The van der Waals surface area contributed by atoms with Crippen molar-refractivity contribution in [2.24, 2.45) is 0 Å². The summed E-state index contributed by atoms with van der Waals surface area (Å²) in [7, 11) is 0. The molecule has 0 spiro atoms. The summed E-state index contributed by atoms with van der Waals surface area (Å²) in [6.07, 6.45) is 0. The molecule has 7 heteroatoms. The number of ether oxygens (including phenoxy) is 1. The van der Waals surface area contributed by atoms with Gasteiger partial charge >= 0.3 is 5.97 Å². The summed E-state index contributed by atoms with van der Waals surface area (Å²) in [5.41, 5.74) is -0.602. The van der Waals surface area contributed by atoms with Crippen LogP contribution >= 0.6 is 0 Å². The molecule has 0 heterocycles. The van der Waals surface area contributed by atoms with Crippen LogP contribution in [0.5, 0.6) is 0 Å². The molecule has 0 saturated heterocycles. The number of carbonyl (C=O) groups is 3. The van der Waals surface area contributed by atoms with E-state index in [2.05, 4.69) is 0 Å². The minimum Gasteiger partial charge on any atom is -0.457 e. The number of benzene rings is 3. The van der Waals surface area contributed by atoms with Gasteiger partial charge in [-0.2, -0.15) is 0 Å². The van der Waals surface area contributed by atoms with Gasteiger partial charge in [0.15, 0.2) is 5.78 Å². The highest BCUT2D eigenvalue weighted by Crippen LogP contribution is 2.35. The minimum absolute atomic E-state index is 0.0721. The van der Waals surface area contributed by atoms with Gasteiger partial charge in [0.05, 0.1) is 4.92 Å². The number of nitro benzene ring substituents is 1. The first-order chi connectivity index (χ1) is 14.0. The van der Waals surface area contributed by atoms with Crippen molar-refractivity contribution >= 4 is 23.2 Å². The Morgan fingerprint density at radius 1 is 0.828 bits per heavy atom. The normalized spacial score (nSPS) is 12.1. The van der Waals surface area contributed by atoms with E-state index in [1.807, 2.05) is 0 Å². The standard InChI is InChI=1S/C22H13NO6/c24-20-14-8-4-5-9-15(14)21(25)18-16(20)10-11-17(19(18)23(27)28)22(26)29-12-13-6-2-1-3-7-13/h1-11H,12H2. The fourth-order valence-electron chi connectivity index (χ4n) is 3.32. The Kier molecular flexibility index (Phi) is 4.48. The molecule has 0 aliphatic heterocycles. The average Bonchev–Trinajstić information content (AvgIpc) is 2.75. The van der Waals surface area contributed by atoms with Crippen LogP contribution < -0.4 is 0 Å². The number of esters is 1. The molecule has 0 fully saturated rings. The number of nitro groups is 1. The lowest BCUT2D eigenvalue weighted by Gasteiger charge is -2.18. The second-order valence-corrected chi connectivity index (χ2v) is 6.41. The van der Waals surface area contributed by atoms with Crippen molar-refractivity contribution in [2.75, 3.05) is 0 Å². The van der Waals surface area contributed by atoms with Crippen LogP contribution in [0.4, 0.5) is 5.69 Å². The van der Waals surface area contributed by atoms with Crippen LogP contribution in [-0.2, 0) is 11.3 Å². The molecule has 3 aromatic rings. The molecule has 3 aromatic carbocycles. The molecule has 0 amide bonds. The monoisotopic (exact) mass is 387 g/mol. The average molecular weight is 387 g/mol. The quantitative estimate of drug-likeness (QED) is 0.300. The Morgan fingerprint density at radius 2 is 1.45 bits per heavy atom. The summed E-state index contributed by atoms with van der Waals surface area (Å²) in [6.45, 7) is -0.0797. The SMILES string of the molecule is O=C1c2ccccc2C(=O)c2c1ccc(C(=O)OCc1ccccc1)c2[N+](=O)[O-]. The Bertz CT molecular complexity index is 1180. The van der Waals surface area contributed by atoms with Crippen LogP contribution in [0.2, 0.25) is 0 Å². The highest BCUT2D eigenvalue weighted by molar-refractivity contribution is 6.30. The van der Waals surface area contributed by atoms with Crippen LogP contribution in [0, 0.1) is 10.1 Å². The molecule has 0 atom stereocenters. The summed E-state index contributed by atoms with van der Waals surface area (Å²) in [5, 5.41) is 11.8. The fraction of sp³-hybridized carbons (Fsp3) is 0.0455. The lowest BCUT2D eigenvalue weighted by atomic mass is 9.82. The second kappa shape index (κ2) is 7.12. The van der Waals surface area contributed by atoms with E-state index in [0.717, 1.165) is 6.07 Å². The largest absolute Gasteiger partial charge is 0.457 e. The van der Waals surface area contributed by atoms with Crippen molar-refractivity contribution in [1.29, 1.82) is 0 Å². The molecule has 1 aliphatic carbocycles. The molecule has 0 saturated carbocycles. The summed E-state index contributed by atoms with van der Waals surface area (Å²) in [4.78, 5) is 49.1. The van der Waals surface area contributed by atoms with Crippen LogP contribution in [0.15, 0.2) is 66.7 Å². The zero-order chi connectivity index (χ0) is 20.5. The van der Waals surface area contributed by atoms with E-state index in [4.69, 9.17) is 4.74 Å². The lowest BCUT2D eigenvalue weighted by molar-refractivity contribution is -0.385. The Balaban J connectivity index is 1.78. The summed E-state index contributed by atoms with van der Waals surface area (Å²) < 4.78 is 5.19. The molecular formula is C22H13NO6. The van der Waals surface area contributed by atoms with Gasteiger partial charge in [-0.15, -0.1) is 0 Å². The maximum absolute atomic E-state index is 12.9. The number of hydrogen-bond donors (Lipinski definition) is 0. The smallest absolute Gasteiger partial charge is 0.345 e. The number of nitrogens with zero attached hydrogens (tertiary/aromatic N) is 1. The van der Waals surface area contributed by atoms with Gasteiger partial charge < -0.3 is 4.74 Å². The molecule has 7 nitrogen and oxygen atoms in total. The summed E-state index contributed by atoms with van der Waals surface area (Å²) in [6, 6.07) is 17.4. The third-order valence-corrected chi connectivity index (χ3v) is 4.68. The topological polar surface area (TPSA) is 104 Å². The fourth-order valence-corrected chi connectivity index (χ4v) is 3.32. The van der Waals surface area contributed by atoms with Crippen molar-refractivity contribution in [3.8, 4) is 0 Å². The second-order valence-electron chi connectivity index (χ2n) is 6.41.